The van der Waals surface area contributed by atoms with Gasteiger partial charge < -0.3 is 42.6 Å². The van der Waals surface area contributed by atoms with Gasteiger partial charge in [-0.25, -0.2) is 0 Å². The first kappa shape index (κ1) is 33.8. The number of hydrogen-bond acceptors (Lipinski definition) is 10. The maximum Gasteiger partial charge on any atom is 0.150 e. The molecule has 10 heteroatoms. The summed E-state index contributed by atoms with van der Waals surface area (Å²) in [6.07, 6.45) is 0.800. The molecular weight excluding hydrogens is 520 g/mol. The molecule has 0 saturated carbocycles. The molecule has 10 nitrogen and oxygen atoms in total. The molecule has 2 rings (SSSR count). The highest BCUT2D eigenvalue weighted by Crippen LogP contribution is 2.10. The maximum atomic E-state index is 10.6. The first-order valence-corrected chi connectivity index (χ1v) is 13.7. The van der Waals surface area contributed by atoms with Gasteiger partial charge in [0.2, 0.25) is 0 Å². The molecule has 0 aliphatic carbocycles. The van der Waals surface area contributed by atoms with E-state index in [-0.39, 0.29) is 0 Å². The minimum atomic E-state index is 0.435. The Labute approximate surface area is 237 Å². The van der Waals surface area contributed by atoms with Gasteiger partial charge in [0.15, 0.2) is 0 Å². The van der Waals surface area contributed by atoms with Crippen LogP contribution in [0.25, 0.3) is 0 Å². The predicted octanol–water partition coefficient (Wildman–Crippen LogP) is 3.21. The second-order valence-electron chi connectivity index (χ2n) is 8.36. The number of benzene rings is 2. The van der Waals surface area contributed by atoms with Crippen molar-refractivity contribution in [1.29, 1.82) is 0 Å². The molecule has 0 atom stereocenters. The van der Waals surface area contributed by atoms with E-state index in [0.717, 1.165) is 11.8 Å². The smallest absolute Gasteiger partial charge is 0.150 e. The van der Waals surface area contributed by atoms with Gasteiger partial charge in [0.1, 0.15) is 18.6 Å². The van der Waals surface area contributed by atoms with Gasteiger partial charge in [-0.05, 0) is 29.8 Å². The minimum absolute atomic E-state index is 0.435. The van der Waals surface area contributed by atoms with Gasteiger partial charge in [-0.1, -0.05) is 30.3 Å². The molecule has 0 bridgehead atoms. The Morgan fingerprint density at radius 1 is 0.425 bits per heavy atom. The van der Waals surface area contributed by atoms with E-state index in [1.807, 2.05) is 30.3 Å². The third kappa shape index (κ3) is 19.6. The minimum Gasteiger partial charge on any atom is -0.491 e. The topological polar surface area (TPSA) is 100 Å². The maximum absolute atomic E-state index is 10.6. The van der Waals surface area contributed by atoms with Crippen LogP contribution in [0.4, 0.5) is 0 Å². The van der Waals surface area contributed by atoms with Crippen molar-refractivity contribution in [2.75, 3.05) is 106 Å². The monoisotopic (exact) mass is 564 g/mol. The Hall–Kier alpha value is -2.41. The van der Waals surface area contributed by atoms with E-state index in [4.69, 9.17) is 42.6 Å². The number of hydrogen-bond donors (Lipinski definition) is 0. The zero-order chi connectivity index (χ0) is 28.2. The molecule has 0 amide bonds. The molecule has 0 saturated heterocycles. The van der Waals surface area contributed by atoms with E-state index in [0.29, 0.717) is 124 Å². The van der Waals surface area contributed by atoms with Crippen LogP contribution in [0.5, 0.6) is 5.75 Å². The Morgan fingerprint density at radius 2 is 0.800 bits per heavy atom. The first-order valence-electron chi connectivity index (χ1n) is 13.7. The molecule has 2 aromatic rings. The number of ether oxygens (including phenoxy) is 9. The van der Waals surface area contributed by atoms with Gasteiger partial charge in [0, 0.05) is 5.56 Å². The van der Waals surface area contributed by atoms with Crippen LogP contribution >= 0.6 is 0 Å². The lowest BCUT2D eigenvalue weighted by Gasteiger charge is -2.09. The van der Waals surface area contributed by atoms with Crippen LogP contribution < -0.4 is 4.74 Å². The van der Waals surface area contributed by atoms with E-state index >= 15 is 0 Å². The number of carbonyl (C=O) groups excluding carboxylic acids is 1. The van der Waals surface area contributed by atoms with Crippen molar-refractivity contribution < 1.29 is 47.4 Å². The van der Waals surface area contributed by atoms with Gasteiger partial charge in [-0.3, -0.25) is 4.79 Å². The Morgan fingerprint density at radius 3 is 1.20 bits per heavy atom. The van der Waals surface area contributed by atoms with Crippen molar-refractivity contribution in [3.05, 3.63) is 65.7 Å². The summed E-state index contributed by atoms with van der Waals surface area (Å²) in [6.45, 7) is 8.73. The molecule has 0 unspecified atom stereocenters. The second kappa shape index (κ2) is 25.6. The molecule has 40 heavy (non-hydrogen) atoms. The fraction of sp³-hybridized carbons (Fsp3) is 0.567. The van der Waals surface area contributed by atoms with Crippen LogP contribution in [0, 0.1) is 0 Å². The lowest BCUT2D eigenvalue weighted by atomic mass is 10.2. The number of aldehydes is 1. The van der Waals surface area contributed by atoms with Gasteiger partial charge in [0.25, 0.3) is 0 Å². The largest absolute Gasteiger partial charge is 0.491 e. The Kier molecular flexibility index (Phi) is 21.6. The molecule has 0 spiro atoms. The lowest BCUT2D eigenvalue weighted by molar-refractivity contribution is -0.0240. The van der Waals surface area contributed by atoms with Gasteiger partial charge in [0.05, 0.1) is 106 Å². The third-order valence-corrected chi connectivity index (χ3v) is 5.23. The van der Waals surface area contributed by atoms with Crippen LogP contribution in [0.2, 0.25) is 0 Å². The molecule has 0 N–H and O–H groups in total. The van der Waals surface area contributed by atoms with Crippen LogP contribution in [0.15, 0.2) is 54.6 Å². The highest BCUT2D eigenvalue weighted by atomic mass is 16.6. The molecule has 0 aliphatic heterocycles. The summed E-state index contributed by atoms with van der Waals surface area (Å²) in [5.74, 6) is 0.707. The van der Waals surface area contributed by atoms with E-state index in [1.54, 1.807) is 24.3 Å². The summed E-state index contributed by atoms with van der Waals surface area (Å²) in [5.41, 5.74) is 1.78. The summed E-state index contributed by atoms with van der Waals surface area (Å²) >= 11 is 0. The van der Waals surface area contributed by atoms with E-state index in [2.05, 4.69) is 0 Å². The van der Waals surface area contributed by atoms with Gasteiger partial charge in [-0.15, -0.1) is 0 Å². The Bertz CT molecular complexity index is 819. The summed E-state index contributed by atoms with van der Waals surface area (Å²) in [7, 11) is 0. The molecule has 0 aromatic heterocycles. The summed E-state index contributed by atoms with van der Waals surface area (Å²) in [4.78, 5) is 10.6. The van der Waals surface area contributed by atoms with E-state index in [1.165, 1.54) is 0 Å². The fourth-order valence-electron chi connectivity index (χ4n) is 3.16. The van der Waals surface area contributed by atoms with Crippen LogP contribution in [-0.2, 0) is 44.5 Å². The molecule has 0 radical (unpaired) electrons. The third-order valence-electron chi connectivity index (χ3n) is 5.23. The summed E-state index contributed by atoms with van der Waals surface area (Å²) in [6, 6.07) is 17.0. The average Bonchev–Trinajstić information content (AvgIpc) is 2.99. The molecule has 0 aliphatic rings. The normalized spacial score (nSPS) is 11.1. The van der Waals surface area contributed by atoms with Crippen molar-refractivity contribution in [3.63, 3.8) is 0 Å². The van der Waals surface area contributed by atoms with E-state index in [9.17, 15) is 4.79 Å². The lowest BCUT2D eigenvalue weighted by Crippen LogP contribution is -2.15. The van der Waals surface area contributed by atoms with Crippen LogP contribution in [0.1, 0.15) is 15.9 Å². The highest BCUT2D eigenvalue weighted by Gasteiger charge is 1.97. The van der Waals surface area contributed by atoms with Crippen LogP contribution in [0.3, 0.4) is 0 Å². The number of rotatable bonds is 28. The van der Waals surface area contributed by atoms with Crippen LogP contribution in [-0.4, -0.2) is 112 Å². The molecular formula is C30H44O10. The zero-order valence-corrected chi connectivity index (χ0v) is 23.4. The van der Waals surface area contributed by atoms with Gasteiger partial charge in [-0.2, -0.15) is 0 Å². The van der Waals surface area contributed by atoms with E-state index < -0.39 is 0 Å². The second-order valence-corrected chi connectivity index (χ2v) is 8.36. The fourth-order valence-corrected chi connectivity index (χ4v) is 3.16. The Balaban J connectivity index is 1.18. The highest BCUT2D eigenvalue weighted by molar-refractivity contribution is 5.74. The predicted molar refractivity (Wildman–Crippen MR) is 149 cm³/mol. The van der Waals surface area contributed by atoms with Gasteiger partial charge >= 0.3 is 0 Å². The quantitative estimate of drug-likeness (QED) is 0.113. The van der Waals surface area contributed by atoms with Crippen molar-refractivity contribution in [1.82, 2.24) is 0 Å². The molecule has 0 heterocycles. The standard InChI is InChI=1S/C30H44O10/c31-26-28-6-8-30(9-7-28)40-25-24-38-21-20-36-17-16-34-13-12-32-10-11-33-14-15-35-18-19-37-22-23-39-27-29-4-2-1-3-5-29/h1-9,26H,10-25,27H2. The van der Waals surface area contributed by atoms with Crippen molar-refractivity contribution in [2.24, 2.45) is 0 Å². The van der Waals surface area contributed by atoms with Crippen molar-refractivity contribution in [3.8, 4) is 5.75 Å². The first-order chi connectivity index (χ1) is 19.9. The SMILES string of the molecule is O=Cc1ccc(OCCOCCOCCOCCOCCOCCOCCOCCOCc2ccccc2)cc1. The number of carbonyl (C=O) groups is 1. The zero-order valence-electron chi connectivity index (χ0n) is 23.4. The molecule has 0 fully saturated rings. The summed E-state index contributed by atoms with van der Waals surface area (Å²) < 4.78 is 49.4. The molecule has 2 aromatic carbocycles. The van der Waals surface area contributed by atoms with Crippen molar-refractivity contribution in [2.45, 2.75) is 6.61 Å². The molecule has 224 valence electrons. The average molecular weight is 565 g/mol. The van der Waals surface area contributed by atoms with Crippen molar-refractivity contribution >= 4 is 6.29 Å². The summed E-state index contributed by atoms with van der Waals surface area (Å²) in [5, 5.41) is 0.